The van der Waals surface area contributed by atoms with E-state index in [4.69, 9.17) is 12.2 Å². The fourth-order valence-electron chi connectivity index (χ4n) is 3.08. The molecule has 3 aromatic rings. The highest BCUT2D eigenvalue weighted by Crippen LogP contribution is 2.30. The second-order valence-electron chi connectivity index (χ2n) is 6.26. The van der Waals surface area contributed by atoms with Crippen LogP contribution in [-0.2, 0) is 6.54 Å². The molecule has 4 rings (SSSR count). The van der Waals surface area contributed by atoms with Crippen molar-refractivity contribution in [2.75, 3.05) is 20.2 Å². The van der Waals surface area contributed by atoms with Crippen molar-refractivity contribution in [2.24, 2.45) is 0 Å². The first-order chi connectivity index (χ1) is 14.0. The Morgan fingerprint density at radius 2 is 1.78 bits per heavy atom. The van der Waals surface area contributed by atoms with Crippen molar-refractivity contribution in [3.8, 4) is 22.6 Å². The van der Waals surface area contributed by atoms with Gasteiger partial charge < -0.3 is 14.4 Å². The normalized spacial score (nSPS) is 16.5. The summed E-state index contributed by atoms with van der Waals surface area (Å²) in [6.07, 6.45) is 0. The van der Waals surface area contributed by atoms with E-state index in [1.165, 1.54) is 4.90 Å². The second kappa shape index (κ2) is 7.54. The Kier molecular flexibility index (Phi) is 4.15. The Bertz CT molecular complexity index is 1020. The fourth-order valence-corrected chi connectivity index (χ4v) is 3.08. The van der Waals surface area contributed by atoms with Crippen molar-refractivity contribution >= 4 is 5.91 Å². The Morgan fingerprint density at radius 1 is 1.04 bits per heavy atom. The van der Waals surface area contributed by atoms with Gasteiger partial charge in [0.2, 0.25) is 0 Å². The van der Waals surface area contributed by atoms with Gasteiger partial charge in [0.25, 0.3) is 5.91 Å². The molecule has 136 valence electrons. The third-order valence-electron chi connectivity index (χ3n) is 4.55. The number of fused-ring (bicyclic) bond motifs is 1. The Morgan fingerprint density at radius 3 is 2.52 bits per heavy atom. The van der Waals surface area contributed by atoms with E-state index in [-0.39, 0.29) is 19.1 Å². The lowest BCUT2D eigenvalue weighted by molar-refractivity contribution is 0.0743. The second-order valence-corrected chi connectivity index (χ2v) is 6.26. The molecular weight excluding hydrogens is 338 g/mol. The number of methoxy groups -OCH3 is 1. The van der Waals surface area contributed by atoms with Crippen LogP contribution < -0.4 is 9.47 Å². The smallest absolute Gasteiger partial charge is 0.258 e. The van der Waals surface area contributed by atoms with Crippen molar-refractivity contribution in [3.05, 3.63) is 83.9 Å². The molecular formula is C23H21NO3. The summed E-state index contributed by atoms with van der Waals surface area (Å²) < 4.78 is 27.6. The van der Waals surface area contributed by atoms with E-state index in [1.54, 1.807) is 19.2 Å². The van der Waals surface area contributed by atoms with Gasteiger partial charge in [0.1, 0.15) is 18.1 Å². The molecule has 1 aliphatic rings. The Balaban J connectivity index is 1.71. The van der Waals surface area contributed by atoms with Crippen molar-refractivity contribution < 1.29 is 17.0 Å². The number of hydrogen-bond acceptors (Lipinski definition) is 3. The molecule has 0 saturated heterocycles. The summed E-state index contributed by atoms with van der Waals surface area (Å²) in [5.74, 6) is 0.763. The summed E-state index contributed by atoms with van der Waals surface area (Å²) in [5, 5.41) is 0. The highest BCUT2D eigenvalue weighted by Gasteiger charge is 2.24. The molecule has 0 bridgehead atoms. The quantitative estimate of drug-likeness (QED) is 0.691. The van der Waals surface area contributed by atoms with Crippen molar-refractivity contribution in [2.45, 2.75) is 6.54 Å². The van der Waals surface area contributed by atoms with Crippen LogP contribution in [0.2, 0.25) is 0 Å². The molecule has 1 aliphatic heterocycles. The molecule has 0 aliphatic carbocycles. The first kappa shape index (κ1) is 14.9. The van der Waals surface area contributed by atoms with Gasteiger partial charge >= 0.3 is 0 Å². The number of nitrogens with zero attached hydrogens (tertiary/aromatic N) is 1. The zero-order chi connectivity index (χ0) is 20.4. The lowest BCUT2D eigenvalue weighted by atomic mass is 10.0. The van der Waals surface area contributed by atoms with Crippen LogP contribution in [0.15, 0.2) is 72.8 Å². The third kappa shape index (κ3) is 3.65. The molecule has 3 aromatic carbocycles. The largest absolute Gasteiger partial charge is 0.497 e. The van der Waals surface area contributed by atoms with Gasteiger partial charge in [-0.2, -0.15) is 0 Å². The average molecular weight is 361 g/mol. The summed E-state index contributed by atoms with van der Waals surface area (Å²) in [6, 6.07) is 22.3. The predicted molar refractivity (Wildman–Crippen MR) is 105 cm³/mol. The minimum Gasteiger partial charge on any atom is -0.497 e. The molecule has 1 heterocycles. The minimum absolute atomic E-state index is 0.169. The van der Waals surface area contributed by atoms with Gasteiger partial charge in [-0.15, -0.1) is 0 Å². The van der Waals surface area contributed by atoms with Crippen molar-refractivity contribution in [1.29, 1.82) is 0 Å². The number of rotatable bonds is 4. The summed E-state index contributed by atoms with van der Waals surface area (Å²) in [5.41, 5.74) is 3.00. The predicted octanol–water partition coefficient (Wildman–Crippen LogP) is 4.40. The Labute approximate surface area is 161 Å². The highest BCUT2D eigenvalue weighted by molar-refractivity contribution is 5.98. The molecule has 0 fully saturated rings. The number of amides is 1. The van der Waals surface area contributed by atoms with Crippen LogP contribution in [0.5, 0.6) is 11.5 Å². The number of carbonyl (C=O) groups is 1. The summed E-state index contributed by atoms with van der Waals surface area (Å²) >= 11 is 0. The highest BCUT2D eigenvalue weighted by atomic mass is 16.5. The number of benzene rings is 3. The maximum Gasteiger partial charge on any atom is 0.258 e. The van der Waals surface area contributed by atoms with E-state index in [1.807, 2.05) is 60.7 Å². The molecule has 1 amide bonds. The SMILES string of the molecule is [2H]C1([2H])COc2ccc(-c3ccc(OC)cc3)cc2C(=O)N1Cc1ccccc1. The van der Waals surface area contributed by atoms with Crippen LogP contribution in [-0.4, -0.2) is 31.0 Å². The zero-order valence-corrected chi connectivity index (χ0v) is 15.0. The van der Waals surface area contributed by atoms with Gasteiger partial charge in [-0.25, -0.2) is 0 Å². The molecule has 0 atom stereocenters. The summed E-state index contributed by atoms with van der Waals surface area (Å²) in [7, 11) is 1.61. The topological polar surface area (TPSA) is 38.8 Å². The summed E-state index contributed by atoms with van der Waals surface area (Å²) in [4.78, 5) is 14.6. The number of carbonyl (C=O) groups excluding carboxylic acids is 1. The number of ether oxygens (including phenoxy) is 2. The molecule has 0 radical (unpaired) electrons. The Hall–Kier alpha value is -3.27. The van der Waals surface area contributed by atoms with Gasteiger partial charge in [0, 0.05) is 6.54 Å². The average Bonchev–Trinajstić information content (AvgIpc) is 2.84. The van der Waals surface area contributed by atoms with E-state index in [2.05, 4.69) is 0 Å². The fraction of sp³-hybridized carbons (Fsp3) is 0.174. The summed E-state index contributed by atoms with van der Waals surface area (Å²) in [6.45, 7) is -1.98. The molecule has 0 unspecified atom stereocenters. The molecule has 0 N–H and O–H groups in total. The van der Waals surface area contributed by atoms with E-state index in [0.717, 1.165) is 22.4 Å². The molecule has 27 heavy (non-hydrogen) atoms. The van der Waals surface area contributed by atoms with E-state index < -0.39 is 6.50 Å². The first-order valence-electron chi connectivity index (χ1n) is 9.75. The zero-order valence-electron chi connectivity index (χ0n) is 17.0. The molecule has 0 aromatic heterocycles. The van der Waals surface area contributed by atoms with Gasteiger partial charge in [-0.05, 0) is 41.0 Å². The molecule has 0 saturated carbocycles. The standard InChI is InChI=1S/C23H21NO3/c1-26-20-10-7-18(8-11-20)19-9-12-22-21(15-19)23(25)24(13-14-27-22)16-17-5-3-2-4-6-17/h2-12,15H,13-14,16H2,1H3/i13D2. The van der Waals surface area contributed by atoms with Gasteiger partial charge in [-0.3, -0.25) is 4.79 Å². The van der Waals surface area contributed by atoms with Crippen LogP contribution in [0.1, 0.15) is 18.7 Å². The lowest BCUT2D eigenvalue weighted by Crippen LogP contribution is -2.31. The number of hydrogen-bond donors (Lipinski definition) is 0. The van der Waals surface area contributed by atoms with Crippen LogP contribution in [0.25, 0.3) is 11.1 Å². The van der Waals surface area contributed by atoms with Crippen LogP contribution in [0.4, 0.5) is 0 Å². The first-order valence-corrected chi connectivity index (χ1v) is 8.75. The molecule has 0 spiro atoms. The van der Waals surface area contributed by atoms with E-state index in [9.17, 15) is 4.79 Å². The van der Waals surface area contributed by atoms with Crippen LogP contribution in [0.3, 0.4) is 0 Å². The van der Waals surface area contributed by atoms with Crippen LogP contribution in [0, 0.1) is 0 Å². The lowest BCUT2D eigenvalue weighted by Gasteiger charge is -2.20. The van der Waals surface area contributed by atoms with Gasteiger partial charge in [0.05, 0.1) is 21.9 Å². The van der Waals surface area contributed by atoms with Gasteiger partial charge in [-0.1, -0.05) is 48.5 Å². The maximum absolute atomic E-state index is 13.3. The monoisotopic (exact) mass is 361 g/mol. The van der Waals surface area contributed by atoms with Gasteiger partial charge in [0.15, 0.2) is 0 Å². The van der Waals surface area contributed by atoms with E-state index >= 15 is 0 Å². The maximum atomic E-state index is 13.3. The molecule has 4 heteroatoms. The third-order valence-corrected chi connectivity index (χ3v) is 4.55. The van der Waals surface area contributed by atoms with E-state index in [0.29, 0.717) is 11.3 Å². The van der Waals surface area contributed by atoms with Crippen molar-refractivity contribution in [3.63, 3.8) is 0 Å². The van der Waals surface area contributed by atoms with Crippen molar-refractivity contribution in [1.82, 2.24) is 4.90 Å². The molecule has 4 nitrogen and oxygen atoms in total. The van der Waals surface area contributed by atoms with Crippen LogP contribution >= 0.6 is 0 Å². The minimum atomic E-state index is -1.92.